The molecule has 0 aliphatic heterocycles. The van der Waals surface area contributed by atoms with Crippen molar-refractivity contribution in [2.24, 2.45) is 14.1 Å². The number of aryl methyl sites for hydroxylation is 1. The lowest BCUT2D eigenvalue weighted by Gasteiger charge is -2.09. The minimum absolute atomic E-state index is 0.131. The van der Waals surface area contributed by atoms with E-state index < -0.39 is 11.2 Å². The molecule has 106 valence electrons. The van der Waals surface area contributed by atoms with Crippen LogP contribution in [0.2, 0.25) is 0 Å². The van der Waals surface area contributed by atoms with E-state index in [1.165, 1.54) is 14.1 Å². The highest BCUT2D eigenvalue weighted by molar-refractivity contribution is 5.29. The summed E-state index contributed by atoms with van der Waals surface area (Å²) in [5.41, 5.74) is -0.908. The van der Waals surface area contributed by atoms with Crippen molar-refractivity contribution < 1.29 is 4.74 Å². The molecule has 0 unspecified atom stereocenters. The summed E-state index contributed by atoms with van der Waals surface area (Å²) >= 11 is 0. The Hall–Kier alpha value is -2.57. The minimum Gasteiger partial charge on any atom is -0.492 e. The summed E-state index contributed by atoms with van der Waals surface area (Å²) in [6, 6.07) is 9.37. The van der Waals surface area contributed by atoms with Gasteiger partial charge in [-0.15, -0.1) is 5.10 Å². The molecule has 0 saturated carbocycles. The normalized spacial score (nSPS) is 10.3. The zero-order chi connectivity index (χ0) is 14.5. The molecule has 0 atom stereocenters. The Morgan fingerprint density at radius 2 is 1.90 bits per heavy atom. The SMILES string of the molecule is Cn1nc(NCCOc2ccccc2)c(=O)n(C)c1=O. The number of nitrogens with one attached hydrogen (secondary N) is 1. The Morgan fingerprint density at radius 1 is 1.20 bits per heavy atom. The first-order valence-electron chi connectivity index (χ1n) is 6.15. The number of hydrogen-bond acceptors (Lipinski definition) is 5. The van der Waals surface area contributed by atoms with Crippen molar-refractivity contribution in [1.29, 1.82) is 0 Å². The molecule has 0 spiro atoms. The Labute approximate surface area is 115 Å². The van der Waals surface area contributed by atoms with Crippen LogP contribution in [0.1, 0.15) is 0 Å². The van der Waals surface area contributed by atoms with Gasteiger partial charge >= 0.3 is 5.69 Å². The second-order valence-electron chi connectivity index (χ2n) is 4.21. The van der Waals surface area contributed by atoms with Crippen LogP contribution in [0.15, 0.2) is 39.9 Å². The zero-order valence-corrected chi connectivity index (χ0v) is 11.4. The van der Waals surface area contributed by atoms with E-state index in [-0.39, 0.29) is 5.82 Å². The number of ether oxygens (including phenoxy) is 1. The van der Waals surface area contributed by atoms with Gasteiger partial charge in [0.1, 0.15) is 12.4 Å². The summed E-state index contributed by atoms with van der Waals surface area (Å²) in [6.07, 6.45) is 0. The van der Waals surface area contributed by atoms with E-state index in [2.05, 4.69) is 10.4 Å². The molecule has 0 fully saturated rings. The van der Waals surface area contributed by atoms with E-state index in [1.807, 2.05) is 30.3 Å². The van der Waals surface area contributed by atoms with Crippen LogP contribution in [0.25, 0.3) is 0 Å². The molecule has 1 aromatic heterocycles. The van der Waals surface area contributed by atoms with Crippen molar-refractivity contribution in [1.82, 2.24) is 14.3 Å². The van der Waals surface area contributed by atoms with Crippen molar-refractivity contribution in [2.75, 3.05) is 18.5 Å². The van der Waals surface area contributed by atoms with Crippen LogP contribution in [-0.4, -0.2) is 27.5 Å². The average Bonchev–Trinajstić information content (AvgIpc) is 2.47. The first-order chi connectivity index (χ1) is 9.59. The third-order valence-electron chi connectivity index (χ3n) is 2.73. The highest BCUT2D eigenvalue weighted by atomic mass is 16.5. The van der Waals surface area contributed by atoms with Crippen LogP contribution in [0.4, 0.5) is 5.82 Å². The van der Waals surface area contributed by atoms with Crippen LogP contribution >= 0.6 is 0 Å². The molecule has 20 heavy (non-hydrogen) atoms. The van der Waals surface area contributed by atoms with E-state index >= 15 is 0 Å². The lowest BCUT2D eigenvalue weighted by Crippen LogP contribution is -2.40. The lowest BCUT2D eigenvalue weighted by molar-refractivity contribution is 0.332. The Morgan fingerprint density at radius 3 is 2.60 bits per heavy atom. The summed E-state index contributed by atoms with van der Waals surface area (Å²) in [5, 5.41) is 6.74. The average molecular weight is 276 g/mol. The van der Waals surface area contributed by atoms with Crippen LogP contribution in [0, 0.1) is 0 Å². The molecule has 1 N–H and O–H groups in total. The minimum atomic E-state index is -0.457. The van der Waals surface area contributed by atoms with Gasteiger partial charge in [0.2, 0.25) is 5.82 Å². The zero-order valence-electron chi connectivity index (χ0n) is 11.4. The fourth-order valence-corrected chi connectivity index (χ4v) is 1.66. The fraction of sp³-hybridized carbons (Fsp3) is 0.308. The first-order valence-corrected chi connectivity index (χ1v) is 6.15. The number of aromatic nitrogens is 3. The summed E-state index contributed by atoms with van der Waals surface area (Å²) in [5.74, 6) is 0.891. The standard InChI is InChI=1S/C13H16N4O3/c1-16-12(18)11(15-17(2)13(16)19)14-8-9-20-10-6-4-3-5-7-10/h3-7H,8-9H2,1-2H3,(H,14,15). The van der Waals surface area contributed by atoms with E-state index in [9.17, 15) is 9.59 Å². The van der Waals surface area contributed by atoms with Crippen molar-refractivity contribution >= 4 is 5.82 Å². The van der Waals surface area contributed by atoms with E-state index in [0.29, 0.717) is 13.2 Å². The van der Waals surface area contributed by atoms with E-state index in [0.717, 1.165) is 15.0 Å². The number of anilines is 1. The van der Waals surface area contributed by atoms with Gasteiger partial charge < -0.3 is 10.1 Å². The Bertz CT molecular complexity index is 691. The highest BCUT2D eigenvalue weighted by Gasteiger charge is 2.07. The summed E-state index contributed by atoms with van der Waals surface area (Å²) in [4.78, 5) is 23.3. The quantitative estimate of drug-likeness (QED) is 0.776. The van der Waals surface area contributed by atoms with Crippen LogP contribution in [0.3, 0.4) is 0 Å². The van der Waals surface area contributed by atoms with Crippen LogP contribution < -0.4 is 21.3 Å². The molecule has 1 heterocycles. The van der Waals surface area contributed by atoms with Crippen LogP contribution in [0.5, 0.6) is 5.75 Å². The second-order valence-corrected chi connectivity index (χ2v) is 4.21. The van der Waals surface area contributed by atoms with Gasteiger partial charge in [0, 0.05) is 14.1 Å². The molecule has 0 aliphatic rings. The van der Waals surface area contributed by atoms with Crippen molar-refractivity contribution in [2.45, 2.75) is 0 Å². The molecule has 0 amide bonds. The first kappa shape index (κ1) is 13.9. The molecule has 2 aromatic rings. The van der Waals surface area contributed by atoms with Gasteiger partial charge in [0.15, 0.2) is 0 Å². The number of nitrogens with zero attached hydrogens (tertiary/aromatic N) is 3. The van der Waals surface area contributed by atoms with E-state index in [4.69, 9.17) is 4.74 Å². The molecule has 7 heteroatoms. The molecule has 2 rings (SSSR count). The number of rotatable bonds is 5. The van der Waals surface area contributed by atoms with Crippen molar-refractivity contribution in [3.63, 3.8) is 0 Å². The molecule has 0 radical (unpaired) electrons. The van der Waals surface area contributed by atoms with Gasteiger partial charge in [-0.05, 0) is 12.1 Å². The van der Waals surface area contributed by atoms with Crippen molar-refractivity contribution in [3.05, 3.63) is 51.2 Å². The topological polar surface area (TPSA) is 78.2 Å². The van der Waals surface area contributed by atoms with Gasteiger partial charge in [0.25, 0.3) is 5.56 Å². The fourth-order valence-electron chi connectivity index (χ4n) is 1.66. The number of benzene rings is 1. The maximum atomic E-state index is 11.8. The number of hydrogen-bond donors (Lipinski definition) is 1. The Kier molecular flexibility index (Phi) is 4.19. The molecule has 1 aromatic carbocycles. The third-order valence-corrected chi connectivity index (χ3v) is 2.73. The highest BCUT2D eigenvalue weighted by Crippen LogP contribution is 2.07. The Balaban J connectivity index is 1.95. The largest absolute Gasteiger partial charge is 0.492 e. The molecular weight excluding hydrogens is 260 g/mol. The summed E-state index contributed by atoms with van der Waals surface area (Å²) in [6.45, 7) is 0.799. The third kappa shape index (κ3) is 3.05. The predicted octanol–water partition coefficient (Wildman–Crippen LogP) is -0.0301. The predicted molar refractivity (Wildman–Crippen MR) is 75.1 cm³/mol. The van der Waals surface area contributed by atoms with E-state index in [1.54, 1.807) is 0 Å². The van der Waals surface area contributed by atoms with Gasteiger partial charge in [0.05, 0.1) is 6.54 Å². The second kappa shape index (κ2) is 6.05. The molecular formula is C13H16N4O3. The van der Waals surface area contributed by atoms with Gasteiger partial charge in [-0.25, -0.2) is 9.48 Å². The number of para-hydroxylation sites is 1. The lowest BCUT2D eigenvalue weighted by atomic mass is 10.3. The van der Waals surface area contributed by atoms with Gasteiger partial charge in [-0.2, -0.15) is 0 Å². The molecule has 0 saturated heterocycles. The molecule has 0 bridgehead atoms. The van der Waals surface area contributed by atoms with Gasteiger partial charge in [-0.1, -0.05) is 18.2 Å². The summed E-state index contributed by atoms with van der Waals surface area (Å²) < 4.78 is 7.60. The summed E-state index contributed by atoms with van der Waals surface area (Å²) in [7, 11) is 2.91. The monoisotopic (exact) mass is 276 g/mol. The maximum absolute atomic E-state index is 11.8. The molecule has 0 aliphatic carbocycles. The van der Waals surface area contributed by atoms with Crippen molar-refractivity contribution in [3.8, 4) is 5.75 Å². The van der Waals surface area contributed by atoms with Crippen LogP contribution in [-0.2, 0) is 14.1 Å². The van der Waals surface area contributed by atoms with Gasteiger partial charge in [-0.3, -0.25) is 9.36 Å². The molecule has 7 nitrogen and oxygen atoms in total. The smallest absolute Gasteiger partial charge is 0.346 e. The maximum Gasteiger partial charge on any atom is 0.346 e.